The Labute approximate surface area is 134 Å². The summed E-state index contributed by atoms with van der Waals surface area (Å²) in [4.78, 5) is -0.551. The molecule has 112 valence electrons. The third-order valence-corrected chi connectivity index (χ3v) is 4.84. The molecule has 2 aromatic carbocycles. The van der Waals surface area contributed by atoms with Crippen molar-refractivity contribution in [1.29, 1.82) is 0 Å². The van der Waals surface area contributed by atoms with Gasteiger partial charge in [-0.2, -0.15) is 0 Å². The molecule has 0 heterocycles. The number of halogens is 3. The summed E-state index contributed by atoms with van der Waals surface area (Å²) in [6.45, 7) is -0.388. The Hall–Kier alpha value is -1.15. The molecule has 0 amide bonds. The molecule has 4 nitrogen and oxygen atoms in total. The van der Waals surface area contributed by atoms with E-state index < -0.39 is 20.7 Å². The fraction of sp³-hybridized carbons (Fsp3) is 0.0769. The standard InChI is InChI=1S/C13H10BrClFNO3S/c14-9-2-3-10(15)12(6-9)17-21(19,20)13-5-8(7-18)1-4-11(13)16/h1-6,17-18H,7H2. The molecular formula is C13H10BrClFNO3S. The van der Waals surface area contributed by atoms with Crippen LogP contribution in [0, 0.1) is 5.82 Å². The first kappa shape index (κ1) is 16.2. The van der Waals surface area contributed by atoms with E-state index in [-0.39, 0.29) is 22.9 Å². The van der Waals surface area contributed by atoms with Crippen LogP contribution in [-0.4, -0.2) is 13.5 Å². The first-order valence-electron chi connectivity index (χ1n) is 5.70. The molecule has 0 saturated heterocycles. The number of rotatable bonds is 4. The lowest BCUT2D eigenvalue weighted by Crippen LogP contribution is -2.15. The highest BCUT2D eigenvalue weighted by molar-refractivity contribution is 9.10. The molecule has 2 N–H and O–H groups in total. The Balaban J connectivity index is 2.45. The molecule has 0 aromatic heterocycles. The highest BCUT2D eigenvalue weighted by Gasteiger charge is 2.21. The van der Waals surface area contributed by atoms with E-state index in [0.717, 1.165) is 12.1 Å². The quantitative estimate of drug-likeness (QED) is 0.833. The number of hydrogen-bond donors (Lipinski definition) is 2. The predicted molar refractivity (Wildman–Crippen MR) is 82.3 cm³/mol. The third kappa shape index (κ3) is 3.74. The number of anilines is 1. The maximum Gasteiger partial charge on any atom is 0.264 e. The van der Waals surface area contributed by atoms with E-state index in [1.165, 1.54) is 18.2 Å². The van der Waals surface area contributed by atoms with Crippen molar-refractivity contribution in [3.63, 3.8) is 0 Å². The first-order valence-corrected chi connectivity index (χ1v) is 8.36. The van der Waals surface area contributed by atoms with Crippen LogP contribution in [0.1, 0.15) is 5.56 Å². The van der Waals surface area contributed by atoms with Gasteiger partial charge in [-0.3, -0.25) is 4.72 Å². The molecule has 0 radical (unpaired) electrons. The van der Waals surface area contributed by atoms with Crippen molar-refractivity contribution in [3.8, 4) is 0 Å². The molecule has 0 aliphatic heterocycles. The molecule has 2 aromatic rings. The van der Waals surface area contributed by atoms with Gasteiger partial charge < -0.3 is 5.11 Å². The van der Waals surface area contributed by atoms with Gasteiger partial charge in [-0.25, -0.2) is 12.8 Å². The Morgan fingerprint density at radius 2 is 1.95 bits per heavy atom. The van der Waals surface area contributed by atoms with Gasteiger partial charge in [0.2, 0.25) is 0 Å². The van der Waals surface area contributed by atoms with Crippen LogP contribution >= 0.6 is 27.5 Å². The van der Waals surface area contributed by atoms with Gasteiger partial charge in [0.15, 0.2) is 0 Å². The van der Waals surface area contributed by atoms with Gasteiger partial charge in [0.05, 0.1) is 17.3 Å². The number of aliphatic hydroxyl groups excluding tert-OH is 1. The van der Waals surface area contributed by atoms with Gasteiger partial charge in [0.25, 0.3) is 10.0 Å². The maximum atomic E-state index is 13.7. The number of nitrogens with one attached hydrogen (secondary N) is 1. The molecule has 0 aliphatic carbocycles. The summed E-state index contributed by atoms with van der Waals surface area (Å²) < 4.78 is 41.1. The predicted octanol–water partition coefficient (Wildman–Crippen LogP) is 3.53. The van der Waals surface area contributed by atoms with Gasteiger partial charge in [-0.05, 0) is 35.9 Å². The van der Waals surface area contributed by atoms with E-state index in [4.69, 9.17) is 16.7 Å². The lowest BCUT2D eigenvalue weighted by molar-refractivity contribution is 0.281. The van der Waals surface area contributed by atoms with Gasteiger partial charge >= 0.3 is 0 Å². The lowest BCUT2D eigenvalue weighted by atomic mass is 10.2. The van der Waals surface area contributed by atoms with Crippen LogP contribution in [0.3, 0.4) is 0 Å². The lowest BCUT2D eigenvalue weighted by Gasteiger charge is -2.11. The molecule has 0 atom stereocenters. The Morgan fingerprint density at radius 3 is 2.62 bits per heavy atom. The van der Waals surface area contributed by atoms with Crippen molar-refractivity contribution in [3.05, 3.63) is 57.3 Å². The third-order valence-electron chi connectivity index (χ3n) is 2.64. The summed E-state index contributed by atoms with van der Waals surface area (Å²) in [5.74, 6) is -0.911. The number of benzene rings is 2. The van der Waals surface area contributed by atoms with Crippen LogP contribution in [0.15, 0.2) is 45.8 Å². The van der Waals surface area contributed by atoms with E-state index in [0.29, 0.717) is 4.47 Å². The average Bonchev–Trinajstić information content (AvgIpc) is 2.43. The fourth-order valence-corrected chi connectivity index (χ4v) is 3.41. The van der Waals surface area contributed by atoms with Crippen LogP contribution in [-0.2, 0) is 16.6 Å². The van der Waals surface area contributed by atoms with Crippen LogP contribution in [0.5, 0.6) is 0 Å². The minimum absolute atomic E-state index is 0.125. The summed E-state index contributed by atoms with van der Waals surface area (Å²) in [7, 11) is -4.16. The Bertz CT molecular complexity index is 783. The van der Waals surface area contributed by atoms with E-state index in [1.807, 2.05) is 0 Å². The number of hydrogen-bond acceptors (Lipinski definition) is 3. The number of sulfonamides is 1. The number of aliphatic hydroxyl groups is 1. The normalized spacial score (nSPS) is 11.4. The summed E-state index contributed by atoms with van der Waals surface area (Å²) in [6, 6.07) is 7.98. The van der Waals surface area contributed by atoms with Crippen LogP contribution < -0.4 is 4.72 Å². The molecule has 2 rings (SSSR count). The molecule has 21 heavy (non-hydrogen) atoms. The molecule has 0 unspecified atom stereocenters. The van der Waals surface area contributed by atoms with Crippen molar-refractivity contribution in [1.82, 2.24) is 0 Å². The van der Waals surface area contributed by atoms with Gasteiger partial charge in [-0.15, -0.1) is 0 Å². The molecular weight excluding hydrogens is 385 g/mol. The monoisotopic (exact) mass is 393 g/mol. The molecule has 0 spiro atoms. The second-order valence-corrected chi connectivity index (χ2v) is 7.13. The van der Waals surface area contributed by atoms with Gasteiger partial charge in [0.1, 0.15) is 10.7 Å². The van der Waals surface area contributed by atoms with Crippen LogP contribution in [0.2, 0.25) is 5.02 Å². The van der Waals surface area contributed by atoms with Gasteiger partial charge in [0, 0.05) is 4.47 Å². The minimum Gasteiger partial charge on any atom is -0.392 e. The molecule has 8 heteroatoms. The fourth-order valence-electron chi connectivity index (χ4n) is 1.63. The van der Waals surface area contributed by atoms with Crippen molar-refractivity contribution in [2.75, 3.05) is 4.72 Å². The Morgan fingerprint density at radius 1 is 1.24 bits per heavy atom. The van der Waals surface area contributed by atoms with Crippen LogP contribution in [0.4, 0.5) is 10.1 Å². The second-order valence-electron chi connectivity index (χ2n) is 4.15. The summed E-state index contributed by atoms with van der Waals surface area (Å²) >= 11 is 9.10. The summed E-state index contributed by atoms with van der Waals surface area (Å²) in [5.41, 5.74) is 0.414. The van der Waals surface area contributed by atoms with Gasteiger partial charge in [-0.1, -0.05) is 33.6 Å². The van der Waals surface area contributed by atoms with Crippen molar-refractivity contribution >= 4 is 43.2 Å². The zero-order valence-corrected chi connectivity index (χ0v) is 13.6. The van der Waals surface area contributed by atoms with Crippen molar-refractivity contribution < 1.29 is 17.9 Å². The van der Waals surface area contributed by atoms with E-state index >= 15 is 0 Å². The highest BCUT2D eigenvalue weighted by atomic mass is 79.9. The molecule has 0 aliphatic rings. The largest absolute Gasteiger partial charge is 0.392 e. The van der Waals surface area contributed by atoms with E-state index in [1.54, 1.807) is 6.07 Å². The van der Waals surface area contributed by atoms with Crippen molar-refractivity contribution in [2.45, 2.75) is 11.5 Å². The topological polar surface area (TPSA) is 66.4 Å². The van der Waals surface area contributed by atoms with Crippen molar-refractivity contribution in [2.24, 2.45) is 0 Å². The SMILES string of the molecule is O=S(=O)(Nc1cc(Br)ccc1Cl)c1cc(CO)ccc1F. The van der Waals surface area contributed by atoms with E-state index in [9.17, 15) is 12.8 Å². The second kappa shape index (κ2) is 6.31. The van der Waals surface area contributed by atoms with E-state index in [2.05, 4.69) is 20.7 Å². The molecule has 0 bridgehead atoms. The minimum atomic E-state index is -4.16. The molecule has 0 fully saturated rings. The zero-order valence-electron chi connectivity index (χ0n) is 10.5. The highest BCUT2D eigenvalue weighted by Crippen LogP contribution is 2.28. The summed E-state index contributed by atoms with van der Waals surface area (Å²) in [5, 5.41) is 9.20. The summed E-state index contributed by atoms with van der Waals surface area (Å²) in [6.07, 6.45) is 0. The smallest absolute Gasteiger partial charge is 0.264 e. The Kier molecular flexibility index (Phi) is 4.88. The first-order chi connectivity index (χ1) is 9.83. The molecule has 0 saturated carbocycles. The maximum absolute atomic E-state index is 13.7. The zero-order chi connectivity index (χ0) is 15.6. The van der Waals surface area contributed by atoms with Crippen LogP contribution in [0.25, 0.3) is 0 Å². The average molecular weight is 395 g/mol.